The monoisotopic (exact) mass is 351 g/mol. The van der Waals surface area contributed by atoms with Crippen molar-refractivity contribution >= 4 is 16.9 Å². The number of para-hydroxylation sites is 2. The normalized spacial score (nSPS) is 13.9. The summed E-state index contributed by atoms with van der Waals surface area (Å²) in [6, 6.07) is 7.98. The van der Waals surface area contributed by atoms with E-state index in [4.69, 9.17) is 0 Å². The number of nitrogens with zero attached hydrogens (tertiary/aromatic N) is 3. The molecule has 1 amide bonds. The Balaban J connectivity index is 1.43. The highest BCUT2D eigenvalue weighted by molar-refractivity contribution is 5.93. The Kier molecular flexibility index (Phi) is 4.28. The van der Waals surface area contributed by atoms with E-state index < -0.39 is 5.91 Å². The minimum atomic E-state index is -0.403. The standard InChI is InChI=1S/C19H21N5O2/c1-2-24-15-6-4-3-5-14(15)22-16(24)9-10-20-18(25)13-11-21-17(12-7-8-12)23-19(13)26/h3-6,11-12H,2,7-10H2,1H3,(H,20,25)(H,21,23,26). The van der Waals surface area contributed by atoms with Crippen LogP contribution in [0.5, 0.6) is 0 Å². The molecular formula is C19H21N5O2. The summed E-state index contributed by atoms with van der Waals surface area (Å²) in [6.45, 7) is 3.30. The summed E-state index contributed by atoms with van der Waals surface area (Å²) >= 11 is 0. The van der Waals surface area contributed by atoms with Gasteiger partial charge in [-0.15, -0.1) is 0 Å². The third-order valence-corrected chi connectivity index (χ3v) is 4.71. The summed E-state index contributed by atoms with van der Waals surface area (Å²) in [7, 11) is 0. The van der Waals surface area contributed by atoms with Crippen LogP contribution in [0.25, 0.3) is 11.0 Å². The number of aromatic nitrogens is 4. The van der Waals surface area contributed by atoms with Crippen molar-refractivity contribution in [3.05, 3.63) is 58.0 Å². The number of carbonyl (C=O) groups excluding carboxylic acids is 1. The lowest BCUT2D eigenvalue weighted by atomic mass is 10.3. The second kappa shape index (κ2) is 6.74. The Morgan fingerprint density at radius 2 is 2.15 bits per heavy atom. The van der Waals surface area contributed by atoms with E-state index in [0.717, 1.165) is 36.2 Å². The van der Waals surface area contributed by atoms with Crippen LogP contribution in [0.2, 0.25) is 0 Å². The molecule has 1 fully saturated rings. The molecule has 2 N–H and O–H groups in total. The zero-order valence-electron chi connectivity index (χ0n) is 14.7. The van der Waals surface area contributed by atoms with E-state index >= 15 is 0 Å². The summed E-state index contributed by atoms with van der Waals surface area (Å²) in [6.07, 6.45) is 4.07. The molecule has 0 radical (unpaired) electrons. The minimum Gasteiger partial charge on any atom is -0.351 e. The number of fused-ring (bicyclic) bond motifs is 1. The molecule has 0 bridgehead atoms. The molecule has 1 aliphatic rings. The fraction of sp³-hybridized carbons (Fsp3) is 0.368. The molecule has 0 unspecified atom stereocenters. The maximum atomic E-state index is 12.3. The molecule has 1 aromatic carbocycles. The third-order valence-electron chi connectivity index (χ3n) is 4.71. The SMILES string of the molecule is CCn1c(CCNC(=O)c2cnc(C3CC3)[nH]c2=O)nc2ccccc21. The van der Waals surface area contributed by atoms with Crippen LogP contribution in [0, 0.1) is 0 Å². The lowest BCUT2D eigenvalue weighted by Crippen LogP contribution is -2.32. The van der Waals surface area contributed by atoms with Gasteiger partial charge in [0.15, 0.2) is 0 Å². The number of imidazole rings is 1. The van der Waals surface area contributed by atoms with Gasteiger partial charge in [-0.2, -0.15) is 0 Å². The molecular weight excluding hydrogens is 330 g/mol. The first kappa shape index (κ1) is 16.5. The van der Waals surface area contributed by atoms with Crippen molar-refractivity contribution in [1.82, 2.24) is 24.8 Å². The molecule has 134 valence electrons. The van der Waals surface area contributed by atoms with Gasteiger partial charge in [0.1, 0.15) is 17.2 Å². The topological polar surface area (TPSA) is 92.7 Å². The van der Waals surface area contributed by atoms with Gasteiger partial charge in [-0.1, -0.05) is 12.1 Å². The van der Waals surface area contributed by atoms with Crippen LogP contribution in [0.1, 0.15) is 47.7 Å². The molecule has 2 heterocycles. The second-order valence-corrected chi connectivity index (χ2v) is 6.55. The van der Waals surface area contributed by atoms with Crippen molar-refractivity contribution in [1.29, 1.82) is 0 Å². The first-order chi connectivity index (χ1) is 12.7. The summed E-state index contributed by atoms with van der Waals surface area (Å²) < 4.78 is 2.14. The summed E-state index contributed by atoms with van der Waals surface area (Å²) in [5.74, 6) is 1.55. The number of hydrogen-bond acceptors (Lipinski definition) is 4. The molecule has 1 aliphatic carbocycles. The molecule has 26 heavy (non-hydrogen) atoms. The molecule has 2 aromatic heterocycles. The van der Waals surface area contributed by atoms with Gasteiger partial charge in [0.2, 0.25) is 0 Å². The maximum Gasteiger partial charge on any atom is 0.263 e. The van der Waals surface area contributed by atoms with Crippen LogP contribution in [0.4, 0.5) is 0 Å². The van der Waals surface area contributed by atoms with E-state index in [1.807, 2.05) is 24.3 Å². The quantitative estimate of drug-likeness (QED) is 0.710. The van der Waals surface area contributed by atoms with Crippen molar-refractivity contribution in [3.63, 3.8) is 0 Å². The molecule has 0 spiro atoms. The smallest absolute Gasteiger partial charge is 0.263 e. The highest BCUT2D eigenvalue weighted by Crippen LogP contribution is 2.37. The summed E-state index contributed by atoms with van der Waals surface area (Å²) in [4.78, 5) is 35.9. The number of amides is 1. The number of nitrogens with one attached hydrogen (secondary N) is 2. The Morgan fingerprint density at radius 1 is 1.35 bits per heavy atom. The van der Waals surface area contributed by atoms with Crippen molar-refractivity contribution in [3.8, 4) is 0 Å². The van der Waals surface area contributed by atoms with Gasteiger partial charge in [-0.25, -0.2) is 9.97 Å². The molecule has 7 heteroatoms. The lowest BCUT2D eigenvalue weighted by Gasteiger charge is -2.07. The number of aromatic amines is 1. The van der Waals surface area contributed by atoms with Crippen molar-refractivity contribution in [2.75, 3.05) is 6.54 Å². The first-order valence-electron chi connectivity index (χ1n) is 8.99. The third kappa shape index (κ3) is 3.12. The number of carbonyl (C=O) groups is 1. The van der Waals surface area contributed by atoms with E-state index in [1.54, 1.807) is 0 Å². The number of hydrogen-bond donors (Lipinski definition) is 2. The highest BCUT2D eigenvalue weighted by Gasteiger charge is 2.26. The second-order valence-electron chi connectivity index (χ2n) is 6.55. The van der Waals surface area contributed by atoms with Crippen LogP contribution in [0.15, 0.2) is 35.3 Å². The van der Waals surface area contributed by atoms with E-state index in [-0.39, 0.29) is 11.1 Å². The number of rotatable bonds is 6. The van der Waals surface area contributed by atoms with Gasteiger partial charge in [-0.05, 0) is 31.9 Å². The van der Waals surface area contributed by atoms with Gasteiger partial charge in [-0.3, -0.25) is 9.59 Å². The number of benzene rings is 1. The first-order valence-corrected chi connectivity index (χ1v) is 8.99. The predicted molar refractivity (Wildman–Crippen MR) is 98.3 cm³/mol. The molecule has 3 aromatic rings. The van der Waals surface area contributed by atoms with Gasteiger partial charge in [0, 0.05) is 31.6 Å². The lowest BCUT2D eigenvalue weighted by molar-refractivity contribution is 0.0952. The van der Waals surface area contributed by atoms with E-state index in [1.165, 1.54) is 6.20 Å². The Bertz CT molecular complexity index is 1020. The van der Waals surface area contributed by atoms with Gasteiger partial charge >= 0.3 is 0 Å². The molecule has 7 nitrogen and oxygen atoms in total. The minimum absolute atomic E-state index is 0.0541. The maximum absolute atomic E-state index is 12.3. The van der Waals surface area contributed by atoms with Crippen LogP contribution in [-0.4, -0.2) is 32.0 Å². The van der Waals surface area contributed by atoms with Crippen LogP contribution < -0.4 is 10.9 Å². The van der Waals surface area contributed by atoms with E-state index in [0.29, 0.717) is 24.7 Å². The van der Waals surface area contributed by atoms with Gasteiger partial charge in [0.25, 0.3) is 11.5 Å². The largest absolute Gasteiger partial charge is 0.351 e. The van der Waals surface area contributed by atoms with E-state index in [2.05, 4.69) is 31.8 Å². The number of aryl methyl sites for hydroxylation is 1. The summed E-state index contributed by atoms with van der Waals surface area (Å²) in [5.41, 5.74) is 1.72. The van der Waals surface area contributed by atoms with Crippen LogP contribution >= 0.6 is 0 Å². The predicted octanol–water partition coefficient (Wildman–Crippen LogP) is 1.99. The number of H-pyrrole nitrogens is 1. The Morgan fingerprint density at radius 3 is 2.88 bits per heavy atom. The molecule has 1 saturated carbocycles. The fourth-order valence-electron chi connectivity index (χ4n) is 3.19. The van der Waals surface area contributed by atoms with Crippen molar-refractivity contribution < 1.29 is 4.79 Å². The zero-order valence-corrected chi connectivity index (χ0v) is 14.7. The average molecular weight is 351 g/mol. The molecule has 0 saturated heterocycles. The highest BCUT2D eigenvalue weighted by atomic mass is 16.2. The summed E-state index contributed by atoms with van der Waals surface area (Å²) in [5, 5.41) is 2.80. The molecule has 0 aliphatic heterocycles. The van der Waals surface area contributed by atoms with Crippen molar-refractivity contribution in [2.24, 2.45) is 0 Å². The zero-order chi connectivity index (χ0) is 18.1. The van der Waals surface area contributed by atoms with Crippen LogP contribution in [0.3, 0.4) is 0 Å². The van der Waals surface area contributed by atoms with Gasteiger partial charge < -0.3 is 14.9 Å². The van der Waals surface area contributed by atoms with Crippen molar-refractivity contribution in [2.45, 2.75) is 38.6 Å². The van der Waals surface area contributed by atoms with E-state index in [9.17, 15) is 9.59 Å². The molecule has 0 atom stereocenters. The fourth-order valence-corrected chi connectivity index (χ4v) is 3.19. The van der Waals surface area contributed by atoms with Crippen LogP contribution in [-0.2, 0) is 13.0 Å². The average Bonchev–Trinajstić information content (AvgIpc) is 3.43. The van der Waals surface area contributed by atoms with Gasteiger partial charge in [0.05, 0.1) is 11.0 Å². The Labute approximate surface area is 150 Å². The Hall–Kier alpha value is -2.96. The molecule has 4 rings (SSSR count).